The molecule has 25 heavy (non-hydrogen) atoms. The van der Waals surface area contributed by atoms with Crippen molar-refractivity contribution in [3.63, 3.8) is 0 Å². The van der Waals surface area contributed by atoms with E-state index in [4.69, 9.17) is 18.7 Å². The average Bonchev–Trinajstić information content (AvgIpc) is 3.13. The van der Waals surface area contributed by atoms with E-state index in [-0.39, 0.29) is 15.6 Å². The quantitative estimate of drug-likeness (QED) is 0.544. The Morgan fingerprint density at radius 2 is 1.60 bits per heavy atom. The van der Waals surface area contributed by atoms with Crippen LogP contribution in [0.1, 0.15) is 0 Å². The lowest BCUT2D eigenvalue weighted by Crippen LogP contribution is -1.91. The first kappa shape index (κ1) is 17.0. The van der Waals surface area contributed by atoms with Gasteiger partial charge >= 0.3 is 9.88 Å². The Hall–Kier alpha value is -2.84. The second-order valence-corrected chi connectivity index (χ2v) is 6.70. The lowest BCUT2D eigenvalue weighted by atomic mass is 10.3. The summed E-state index contributed by atoms with van der Waals surface area (Å²) in [5.74, 6) is 0.790. The molecule has 128 valence electrons. The van der Waals surface area contributed by atoms with Gasteiger partial charge in [0.2, 0.25) is 0 Å². The molecule has 0 aliphatic heterocycles. The zero-order valence-electron chi connectivity index (χ0n) is 12.8. The van der Waals surface area contributed by atoms with Crippen LogP contribution in [0.4, 0.5) is 0 Å². The van der Waals surface area contributed by atoms with Crippen LogP contribution in [-0.4, -0.2) is 11.7 Å². The Balaban J connectivity index is 0.000000150. The molecule has 0 radical (unpaired) electrons. The molecule has 0 aliphatic rings. The lowest BCUT2D eigenvalue weighted by molar-refractivity contribution is 0.363. The largest absolute Gasteiger partial charge is 0.508 e. The van der Waals surface area contributed by atoms with E-state index in [1.807, 2.05) is 6.07 Å². The molecule has 2 heterocycles. The standard InChI is InChI=1S/C10H8O3S.C7H4O3S/c1-2-5-12-7-3-4-9-8(6-7)13-10(11)14-9;8-4-1-2-6-5(3-4)10-7(9)11-6/h2-4,6H,1,5H2;1-3,8H. The number of benzene rings is 2. The summed E-state index contributed by atoms with van der Waals surface area (Å²) < 4.78 is 16.6. The SMILES string of the molecule is C=CCOc1ccc2sc(=O)oc2c1.O=c1oc2cc(O)ccc2s1. The van der Waals surface area contributed by atoms with Gasteiger partial charge in [-0.3, -0.25) is 0 Å². The first-order valence-corrected chi connectivity index (χ1v) is 8.68. The lowest BCUT2D eigenvalue weighted by Gasteiger charge is -2.00. The third kappa shape index (κ3) is 4.17. The Kier molecular flexibility index (Phi) is 5.01. The Labute approximate surface area is 148 Å². The molecule has 1 N–H and O–H groups in total. The highest BCUT2D eigenvalue weighted by molar-refractivity contribution is 7.16. The highest BCUT2D eigenvalue weighted by Crippen LogP contribution is 2.22. The third-order valence-corrected chi connectivity index (χ3v) is 4.60. The number of hydrogen-bond donors (Lipinski definition) is 1. The normalized spacial score (nSPS) is 10.4. The Bertz CT molecular complexity index is 1130. The smallest absolute Gasteiger partial charge is 0.396 e. The summed E-state index contributed by atoms with van der Waals surface area (Å²) in [7, 11) is 0. The summed E-state index contributed by atoms with van der Waals surface area (Å²) in [4.78, 5) is 20.9. The van der Waals surface area contributed by atoms with Crippen molar-refractivity contribution in [1.29, 1.82) is 0 Å². The van der Waals surface area contributed by atoms with Gasteiger partial charge in [0.25, 0.3) is 0 Å². The molecule has 0 bridgehead atoms. The van der Waals surface area contributed by atoms with Gasteiger partial charge in [-0.1, -0.05) is 35.3 Å². The van der Waals surface area contributed by atoms with Gasteiger partial charge in [-0.15, -0.1) is 0 Å². The van der Waals surface area contributed by atoms with Crippen LogP contribution in [0.2, 0.25) is 0 Å². The van der Waals surface area contributed by atoms with Crippen molar-refractivity contribution in [1.82, 2.24) is 0 Å². The fourth-order valence-electron chi connectivity index (χ4n) is 1.96. The molecule has 0 unspecified atom stereocenters. The van der Waals surface area contributed by atoms with Crippen molar-refractivity contribution >= 4 is 43.2 Å². The van der Waals surface area contributed by atoms with Gasteiger partial charge in [-0.2, -0.15) is 0 Å². The molecule has 0 fully saturated rings. The van der Waals surface area contributed by atoms with Crippen LogP contribution in [-0.2, 0) is 0 Å². The van der Waals surface area contributed by atoms with Crippen molar-refractivity contribution in [2.24, 2.45) is 0 Å². The predicted molar refractivity (Wildman–Crippen MR) is 98.1 cm³/mol. The van der Waals surface area contributed by atoms with Gasteiger partial charge in [0.15, 0.2) is 11.2 Å². The molecule has 0 saturated heterocycles. The number of phenols is 1. The van der Waals surface area contributed by atoms with Gasteiger partial charge in [-0.25, -0.2) is 9.59 Å². The van der Waals surface area contributed by atoms with E-state index < -0.39 is 0 Å². The van der Waals surface area contributed by atoms with Crippen molar-refractivity contribution in [2.45, 2.75) is 0 Å². The first-order chi connectivity index (χ1) is 12.0. The number of ether oxygens (including phenoxy) is 1. The van der Waals surface area contributed by atoms with Crippen LogP contribution in [0.5, 0.6) is 11.5 Å². The summed E-state index contributed by atoms with van der Waals surface area (Å²) in [6.45, 7) is 3.99. The van der Waals surface area contributed by atoms with E-state index in [9.17, 15) is 9.59 Å². The van der Waals surface area contributed by atoms with Crippen molar-refractivity contribution < 1.29 is 18.7 Å². The van der Waals surface area contributed by atoms with E-state index in [1.54, 1.807) is 24.3 Å². The molecular formula is C17H12O6S2. The highest BCUT2D eigenvalue weighted by atomic mass is 32.1. The molecule has 6 nitrogen and oxygen atoms in total. The maximum absolute atomic E-state index is 10.9. The zero-order chi connectivity index (χ0) is 17.8. The highest BCUT2D eigenvalue weighted by Gasteiger charge is 2.03. The van der Waals surface area contributed by atoms with Crippen molar-refractivity contribution in [3.8, 4) is 11.5 Å². The van der Waals surface area contributed by atoms with Crippen LogP contribution in [0.15, 0.2) is 67.5 Å². The maximum atomic E-state index is 10.9. The fourth-order valence-corrected chi connectivity index (χ4v) is 3.26. The molecule has 8 heteroatoms. The molecule has 2 aromatic carbocycles. The van der Waals surface area contributed by atoms with Gasteiger partial charge in [0.1, 0.15) is 18.1 Å². The second kappa shape index (κ2) is 7.37. The van der Waals surface area contributed by atoms with Crippen LogP contribution in [0, 0.1) is 0 Å². The molecule has 0 amide bonds. The minimum absolute atomic E-state index is 0.110. The van der Waals surface area contributed by atoms with Gasteiger partial charge in [-0.05, 0) is 24.3 Å². The zero-order valence-corrected chi connectivity index (χ0v) is 14.4. The molecule has 0 atom stereocenters. The monoisotopic (exact) mass is 376 g/mol. The molecule has 0 spiro atoms. The van der Waals surface area contributed by atoms with Crippen molar-refractivity contribution in [3.05, 3.63) is 68.5 Å². The van der Waals surface area contributed by atoms with Gasteiger partial charge < -0.3 is 18.7 Å². The number of rotatable bonds is 3. The average molecular weight is 376 g/mol. The molecular weight excluding hydrogens is 364 g/mol. The Morgan fingerprint density at radius 3 is 2.24 bits per heavy atom. The van der Waals surface area contributed by atoms with E-state index in [2.05, 4.69) is 6.58 Å². The number of hydrogen-bond acceptors (Lipinski definition) is 8. The van der Waals surface area contributed by atoms with Crippen LogP contribution < -0.4 is 14.6 Å². The fraction of sp³-hybridized carbons (Fsp3) is 0.0588. The summed E-state index contributed by atoms with van der Waals surface area (Å²) in [5, 5.41) is 8.98. The number of aromatic hydroxyl groups is 1. The summed E-state index contributed by atoms with van der Waals surface area (Å²) >= 11 is 2.11. The van der Waals surface area contributed by atoms with Crippen molar-refractivity contribution in [2.75, 3.05) is 6.61 Å². The first-order valence-electron chi connectivity index (χ1n) is 7.05. The van der Waals surface area contributed by atoms with Crippen LogP contribution >= 0.6 is 22.7 Å². The minimum Gasteiger partial charge on any atom is -0.508 e. The Morgan fingerprint density at radius 1 is 1.00 bits per heavy atom. The number of phenolic OH excluding ortho intramolecular Hbond substituents is 1. The summed E-state index contributed by atoms with van der Waals surface area (Å²) in [6, 6.07) is 9.92. The molecule has 4 aromatic rings. The molecule has 2 aromatic heterocycles. The topological polar surface area (TPSA) is 89.9 Å². The third-order valence-electron chi connectivity index (χ3n) is 2.98. The van der Waals surface area contributed by atoms with E-state index >= 15 is 0 Å². The summed E-state index contributed by atoms with van der Waals surface area (Å²) in [5.41, 5.74) is 1.02. The number of fused-ring (bicyclic) bond motifs is 2. The van der Waals surface area contributed by atoms with E-state index in [1.165, 1.54) is 12.1 Å². The van der Waals surface area contributed by atoms with E-state index in [0.717, 1.165) is 32.1 Å². The molecule has 0 aliphatic carbocycles. The molecule has 4 rings (SSSR count). The molecule has 0 saturated carbocycles. The van der Waals surface area contributed by atoms with Gasteiger partial charge in [0, 0.05) is 12.1 Å². The summed E-state index contributed by atoms with van der Waals surface area (Å²) in [6.07, 6.45) is 1.66. The second-order valence-electron chi connectivity index (χ2n) is 4.75. The minimum atomic E-state index is -0.342. The predicted octanol–water partition coefficient (Wildman–Crippen LogP) is 3.98. The van der Waals surface area contributed by atoms with Gasteiger partial charge in [0.05, 0.1) is 9.40 Å². The van der Waals surface area contributed by atoms with E-state index in [0.29, 0.717) is 23.5 Å². The maximum Gasteiger partial charge on any atom is 0.396 e. The van der Waals surface area contributed by atoms with Crippen LogP contribution in [0.25, 0.3) is 20.6 Å². The van der Waals surface area contributed by atoms with Crippen LogP contribution in [0.3, 0.4) is 0 Å².